The first-order valence-corrected chi connectivity index (χ1v) is 8.12. The zero-order valence-electron chi connectivity index (χ0n) is 12.2. The van der Waals surface area contributed by atoms with Gasteiger partial charge in [0.2, 0.25) is 5.91 Å². The van der Waals surface area contributed by atoms with E-state index in [0.29, 0.717) is 12.5 Å². The molecule has 4 nitrogen and oxygen atoms in total. The molecular formula is C16H25N3O. The minimum absolute atomic E-state index is 0.239. The first-order valence-electron chi connectivity index (χ1n) is 8.12. The number of hydrogen-bond donors (Lipinski definition) is 2. The SMILES string of the molecule is O=C(CCC1CCCCC1)NC1CCc2nc[nH]c2C1. The van der Waals surface area contributed by atoms with Gasteiger partial charge in [0.05, 0.1) is 12.0 Å². The highest BCUT2D eigenvalue weighted by molar-refractivity contribution is 5.76. The smallest absolute Gasteiger partial charge is 0.220 e. The largest absolute Gasteiger partial charge is 0.353 e. The molecule has 1 aromatic heterocycles. The average molecular weight is 275 g/mol. The predicted octanol–water partition coefficient (Wildman–Crippen LogP) is 2.74. The molecule has 4 heteroatoms. The number of imidazole rings is 1. The summed E-state index contributed by atoms with van der Waals surface area (Å²) in [4.78, 5) is 19.5. The molecule has 2 aliphatic carbocycles. The van der Waals surface area contributed by atoms with Crippen LogP contribution in [-0.4, -0.2) is 21.9 Å². The third-order valence-electron chi connectivity index (χ3n) is 4.86. The van der Waals surface area contributed by atoms with Gasteiger partial charge in [0.15, 0.2) is 0 Å². The Kier molecular flexibility index (Phi) is 4.38. The Morgan fingerprint density at radius 1 is 1.30 bits per heavy atom. The van der Waals surface area contributed by atoms with Crippen molar-refractivity contribution >= 4 is 5.91 Å². The number of nitrogens with zero attached hydrogens (tertiary/aromatic N) is 1. The van der Waals surface area contributed by atoms with Gasteiger partial charge in [-0.1, -0.05) is 32.1 Å². The highest BCUT2D eigenvalue weighted by Gasteiger charge is 2.22. The van der Waals surface area contributed by atoms with Crippen LogP contribution in [0.2, 0.25) is 0 Å². The summed E-state index contributed by atoms with van der Waals surface area (Å²) >= 11 is 0. The van der Waals surface area contributed by atoms with Crippen molar-refractivity contribution in [3.63, 3.8) is 0 Å². The normalized spacial score (nSPS) is 23.3. The van der Waals surface area contributed by atoms with E-state index in [-0.39, 0.29) is 5.91 Å². The molecule has 0 aliphatic heterocycles. The molecule has 1 unspecified atom stereocenters. The highest BCUT2D eigenvalue weighted by atomic mass is 16.1. The summed E-state index contributed by atoms with van der Waals surface area (Å²) < 4.78 is 0. The zero-order valence-corrected chi connectivity index (χ0v) is 12.2. The van der Waals surface area contributed by atoms with Crippen molar-refractivity contribution in [3.8, 4) is 0 Å². The van der Waals surface area contributed by atoms with Crippen LogP contribution in [0.4, 0.5) is 0 Å². The van der Waals surface area contributed by atoms with Crippen LogP contribution in [-0.2, 0) is 17.6 Å². The van der Waals surface area contributed by atoms with Crippen molar-refractivity contribution in [1.29, 1.82) is 0 Å². The van der Waals surface area contributed by atoms with Crippen molar-refractivity contribution in [2.75, 3.05) is 0 Å². The first kappa shape index (κ1) is 13.7. The monoisotopic (exact) mass is 275 g/mol. The van der Waals surface area contributed by atoms with E-state index in [1.165, 1.54) is 43.5 Å². The molecule has 1 aromatic rings. The van der Waals surface area contributed by atoms with E-state index in [2.05, 4.69) is 15.3 Å². The van der Waals surface area contributed by atoms with Gasteiger partial charge < -0.3 is 10.3 Å². The Morgan fingerprint density at radius 2 is 2.15 bits per heavy atom. The lowest BCUT2D eigenvalue weighted by atomic mass is 9.86. The molecule has 20 heavy (non-hydrogen) atoms. The van der Waals surface area contributed by atoms with Gasteiger partial charge in [-0.2, -0.15) is 0 Å². The summed E-state index contributed by atoms with van der Waals surface area (Å²) in [5, 5.41) is 3.20. The third-order valence-corrected chi connectivity index (χ3v) is 4.86. The van der Waals surface area contributed by atoms with Crippen LogP contribution in [0.15, 0.2) is 6.33 Å². The minimum Gasteiger partial charge on any atom is -0.353 e. The minimum atomic E-state index is 0.239. The lowest BCUT2D eigenvalue weighted by Gasteiger charge is -2.24. The van der Waals surface area contributed by atoms with Crippen molar-refractivity contribution in [3.05, 3.63) is 17.7 Å². The standard InChI is InChI=1S/C16H25N3O/c20-16(9-6-12-4-2-1-3-5-12)19-13-7-8-14-15(10-13)18-11-17-14/h11-13H,1-10H2,(H,17,18)(H,19,20). The van der Waals surface area contributed by atoms with Gasteiger partial charge in [-0.05, 0) is 25.2 Å². The zero-order chi connectivity index (χ0) is 13.8. The van der Waals surface area contributed by atoms with E-state index < -0.39 is 0 Å². The second-order valence-electron chi connectivity index (χ2n) is 6.38. The van der Waals surface area contributed by atoms with Crippen molar-refractivity contribution in [2.45, 2.75) is 70.3 Å². The topological polar surface area (TPSA) is 57.8 Å². The molecule has 0 saturated heterocycles. The fraction of sp³-hybridized carbons (Fsp3) is 0.750. The Bertz CT molecular complexity index is 448. The summed E-state index contributed by atoms with van der Waals surface area (Å²) in [5.41, 5.74) is 2.38. The molecule has 2 aliphatic rings. The van der Waals surface area contributed by atoms with Gasteiger partial charge in [0.1, 0.15) is 0 Å². The molecule has 110 valence electrons. The van der Waals surface area contributed by atoms with Crippen molar-refractivity contribution in [1.82, 2.24) is 15.3 Å². The molecule has 0 spiro atoms. The maximum atomic E-state index is 12.1. The number of aromatic amines is 1. The predicted molar refractivity (Wildman–Crippen MR) is 78.4 cm³/mol. The summed E-state index contributed by atoms with van der Waals surface area (Å²) in [6.07, 6.45) is 13.2. The van der Waals surface area contributed by atoms with Crippen LogP contribution in [0.5, 0.6) is 0 Å². The molecule has 1 fully saturated rings. The molecule has 1 heterocycles. The summed E-state index contributed by atoms with van der Waals surface area (Å²) in [6.45, 7) is 0. The number of carbonyl (C=O) groups excluding carboxylic acids is 1. The van der Waals surface area contributed by atoms with Gasteiger partial charge in [-0.15, -0.1) is 0 Å². The van der Waals surface area contributed by atoms with Gasteiger partial charge in [-0.3, -0.25) is 4.79 Å². The number of fused-ring (bicyclic) bond motifs is 1. The fourth-order valence-electron chi connectivity index (χ4n) is 3.63. The molecule has 1 saturated carbocycles. The van der Waals surface area contributed by atoms with E-state index in [1.54, 1.807) is 6.33 Å². The Labute approximate surface area is 120 Å². The van der Waals surface area contributed by atoms with Gasteiger partial charge >= 0.3 is 0 Å². The number of nitrogens with one attached hydrogen (secondary N) is 2. The first-order chi connectivity index (χ1) is 9.81. The van der Waals surface area contributed by atoms with Crippen molar-refractivity contribution in [2.24, 2.45) is 5.92 Å². The molecule has 1 amide bonds. The summed E-state index contributed by atoms with van der Waals surface area (Å²) in [5.74, 6) is 1.03. The van der Waals surface area contributed by atoms with Crippen molar-refractivity contribution < 1.29 is 4.79 Å². The molecule has 2 N–H and O–H groups in total. The van der Waals surface area contributed by atoms with Crippen LogP contribution in [0, 0.1) is 5.92 Å². The molecule has 0 aromatic carbocycles. The summed E-state index contributed by atoms with van der Waals surface area (Å²) in [6, 6.07) is 0.293. The average Bonchev–Trinajstić information content (AvgIpc) is 2.94. The number of carbonyl (C=O) groups is 1. The maximum Gasteiger partial charge on any atom is 0.220 e. The molecule has 0 bridgehead atoms. The number of rotatable bonds is 4. The Hall–Kier alpha value is -1.32. The quantitative estimate of drug-likeness (QED) is 0.887. The second kappa shape index (κ2) is 6.42. The summed E-state index contributed by atoms with van der Waals surface area (Å²) in [7, 11) is 0. The van der Waals surface area contributed by atoms with Crippen LogP contribution >= 0.6 is 0 Å². The number of hydrogen-bond acceptors (Lipinski definition) is 2. The maximum absolute atomic E-state index is 12.1. The van der Waals surface area contributed by atoms with Crippen LogP contribution < -0.4 is 5.32 Å². The number of aryl methyl sites for hydroxylation is 1. The Balaban J connectivity index is 1.41. The Morgan fingerprint density at radius 3 is 3.00 bits per heavy atom. The van der Waals surface area contributed by atoms with Gasteiger partial charge in [0, 0.05) is 24.6 Å². The van der Waals surface area contributed by atoms with E-state index in [1.807, 2.05) is 0 Å². The highest BCUT2D eigenvalue weighted by Crippen LogP contribution is 2.27. The number of aromatic nitrogens is 2. The van der Waals surface area contributed by atoms with Crippen LogP contribution in [0.1, 0.15) is 62.8 Å². The molecule has 0 radical (unpaired) electrons. The molecule has 1 atom stereocenters. The number of amides is 1. The van der Waals surface area contributed by atoms with E-state index in [4.69, 9.17) is 0 Å². The van der Waals surface area contributed by atoms with Gasteiger partial charge in [0.25, 0.3) is 0 Å². The second-order valence-corrected chi connectivity index (χ2v) is 6.38. The lowest BCUT2D eigenvalue weighted by molar-refractivity contribution is -0.122. The third kappa shape index (κ3) is 3.41. The van der Waals surface area contributed by atoms with Gasteiger partial charge in [-0.25, -0.2) is 4.98 Å². The fourth-order valence-corrected chi connectivity index (χ4v) is 3.63. The van der Waals surface area contributed by atoms with E-state index in [0.717, 1.165) is 31.6 Å². The molecule has 3 rings (SSSR count). The number of H-pyrrole nitrogens is 1. The molecular weight excluding hydrogens is 250 g/mol. The van der Waals surface area contributed by atoms with E-state index in [9.17, 15) is 4.79 Å². The van der Waals surface area contributed by atoms with Crippen LogP contribution in [0.25, 0.3) is 0 Å². The lowest BCUT2D eigenvalue weighted by Crippen LogP contribution is -2.39. The van der Waals surface area contributed by atoms with Crippen LogP contribution in [0.3, 0.4) is 0 Å². The van der Waals surface area contributed by atoms with E-state index >= 15 is 0 Å².